The van der Waals surface area contributed by atoms with Crippen LogP contribution >= 0.6 is 0 Å². The van der Waals surface area contributed by atoms with Gasteiger partial charge in [0.05, 0.1) is 23.5 Å². The average Bonchev–Trinajstić information content (AvgIpc) is 3.39. The third kappa shape index (κ3) is 3.73. The second-order valence-corrected chi connectivity index (χ2v) is 10.0. The Bertz CT molecular complexity index is 1850. The van der Waals surface area contributed by atoms with Gasteiger partial charge in [0, 0.05) is 49.7 Å². The number of hydrogen-bond acceptors (Lipinski definition) is 5. The van der Waals surface area contributed by atoms with Gasteiger partial charge >= 0.3 is 5.69 Å². The molecule has 2 aromatic carbocycles. The third-order valence-electron chi connectivity index (χ3n) is 7.70. The quantitative estimate of drug-likeness (QED) is 0.383. The Labute approximate surface area is 217 Å². The van der Waals surface area contributed by atoms with Crippen LogP contribution in [0.15, 0.2) is 62.5 Å². The third-order valence-corrected chi connectivity index (χ3v) is 7.70. The van der Waals surface area contributed by atoms with Gasteiger partial charge in [0.25, 0.3) is 0 Å². The molecule has 1 amide bonds. The number of aromatic nitrogens is 3. The van der Waals surface area contributed by atoms with E-state index in [9.17, 15) is 19.5 Å². The fourth-order valence-corrected chi connectivity index (χ4v) is 5.67. The highest BCUT2D eigenvalue weighted by Crippen LogP contribution is 2.36. The largest absolute Gasteiger partial charge is 0.502 e. The number of aromatic hydroxyl groups is 1. The Morgan fingerprint density at radius 3 is 2.66 bits per heavy atom. The first-order chi connectivity index (χ1) is 18.2. The summed E-state index contributed by atoms with van der Waals surface area (Å²) < 4.78 is 8.94. The number of nitrogens with one attached hydrogen (secondary N) is 1. The highest BCUT2D eigenvalue weighted by molar-refractivity contribution is 5.86. The number of fused-ring (bicyclic) bond motifs is 4. The highest BCUT2D eigenvalue weighted by atomic mass is 16.4. The number of carbonyl (C=O) groups excluding carboxylic acids is 1. The zero-order valence-electron chi connectivity index (χ0n) is 21.4. The van der Waals surface area contributed by atoms with Crippen molar-refractivity contribution in [3.05, 3.63) is 97.6 Å². The van der Waals surface area contributed by atoms with E-state index in [0.717, 1.165) is 23.1 Å². The van der Waals surface area contributed by atoms with Crippen molar-refractivity contribution >= 4 is 27.8 Å². The van der Waals surface area contributed by atoms with Crippen molar-refractivity contribution < 1.29 is 14.3 Å². The normalized spacial score (nSPS) is 14.2. The Balaban J connectivity index is 1.39. The van der Waals surface area contributed by atoms with Crippen molar-refractivity contribution in [2.45, 2.75) is 32.2 Å². The molecule has 6 rings (SSSR count). The summed E-state index contributed by atoms with van der Waals surface area (Å²) in [4.78, 5) is 43.9. The molecule has 1 aliphatic heterocycles. The topological polar surface area (TPSA) is 113 Å². The van der Waals surface area contributed by atoms with Crippen molar-refractivity contribution in [2.75, 3.05) is 6.54 Å². The van der Waals surface area contributed by atoms with E-state index in [1.165, 1.54) is 21.6 Å². The van der Waals surface area contributed by atoms with Gasteiger partial charge in [-0.15, -0.1) is 0 Å². The van der Waals surface area contributed by atoms with Crippen molar-refractivity contribution in [3.8, 4) is 5.75 Å². The number of benzene rings is 2. The fraction of sp³-hybridized carbons (Fsp3) is 0.276. The number of hydrogen-bond donors (Lipinski definition) is 2. The summed E-state index contributed by atoms with van der Waals surface area (Å²) in [6.07, 6.45) is 0.723. The molecule has 9 heteroatoms. The number of imidazole rings is 1. The van der Waals surface area contributed by atoms with Gasteiger partial charge in [-0.2, -0.15) is 0 Å². The molecule has 0 unspecified atom stereocenters. The van der Waals surface area contributed by atoms with Crippen LogP contribution in [-0.4, -0.2) is 36.6 Å². The van der Waals surface area contributed by atoms with Crippen molar-refractivity contribution in [3.63, 3.8) is 0 Å². The van der Waals surface area contributed by atoms with Crippen molar-refractivity contribution in [2.24, 2.45) is 14.1 Å². The number of para-hydroxylation sites is 1. The molecule has 0 bridgehead atoms. The molecule has 1 aliphatic rings. The summed E-state index contributed by atoms with van der Waals surface area (Å²) in [6, 6.07) is 14.8. The first kappa shape index (κ1) is 23.8. The Hall–Kier alpha value is -4.53. The molecule has 0 saturated heterocycles. The van der Waals surface area contributed by atoms with Crippen LogP contribution in [0, 0.1) is 6.92 Å². The lowest BCUT2D eigenvalue weighted by Crippen LogP contribution is -2.36. The molecule has 0 saturated carbocycles. The predicted octanol–water partition coefficient (Wildman–Crippen LogP) is 3.43. The number of nitrogens with zero attached hydrogens (tertiary/aromatic N) is 3. The molecule has 38 heavy (non-hydrogen) atoms. The van der Waals surface area contributed by atoms with Crippen LogP contribution < -0.4 is 11.1 Å². The van der Waals surface area contributed by atoms with Gasteiger partial charge < -0.3 is 19.4 Å². The lowest BCUT2D eigenvalue weighted by molar-refractivity contribution is -0.132. The smallest absolute Gasteiger partial charge is 0.328 e. The Morgan fingerprint density at radius 1 is 1.08 bits per heavy atom. The second kappa shape index (κ2) is 8.79. The molecule has 0 spiro atoms. The monoisotopic (exact) mass is 512 g/mol. The fourth-order valence-electron chi connectivity index (χ4n) is 5.67. The van der Waals surface area contributed by atoms with E-state index in [0.29, 0.717) is 29.9 Å². The zero-order valence-corrected chi connectivity index (χ0v) is 21.4. The van der Waals surface area contributed by atoms with Crippen LogP contribution in [0.1, 0.15) is 40.7 Å². The van der Waals surface area contributed by atoms with Gasteiger partial charge in [-0.05, 0) is 42.7 Å². The van der Waals surface area contributed by atoms with Gasteiger partial charge in [-0.1, -0.05) is 24.3 Å². The summed E-state index contributed by atoms with van der Waals surface area (Å²) in [5.74, 6) is -0.961. The molecule has 2 N–H and O–H groups in total. The molecule has 0 aliphatic carbocycles. The maximum absolute atomic E-state index is 13.7. The summed E-state index contributed by atoms with van der Waals surface area (Å²) in [5.41, 5.74) is 4.67. The number of carbonyl (C=O) groups is 1. The molecule has 3 aromatic heterocycles. The number of amides is 1. The molecule has 0 fully saturated rings. The standard InChI is InChI=1S/C29H28N4O5/c1-16-12-25(34)27(36)28(38-16)20(17-8-9-23-24(13-17)32(3)29(37)31(23)2)14-26(35)33-11-10-19-18-6-4-5-7-21(18)30-22(19)15-33/h4-9,12-13,20,30,36H,10-11,14-15H2,1-3H3/t20-/m0/s1. The minimum atomic E-state index is -0.723. The van der Waals surface area contributed by atoms with Crippen molar-refractivity contribution in [1.29, 1.82) is 0 Å². The SMILES string of the molecule is Cc1cc(=O)c(O)c([C@@H](CC(=O)N2CCc3c([nH]c4ccccc34)C2)c2ccc3c(c2)n(C)c(=O)n3C)o1. The summed E-state index contributed by atoms with van der Waals surface area (Å²) in [6.45, 7) is 2.65. The van der Waals surface area contributed by atoms with Gasteiger partial charge in [0.15, 0.2) is 5.76 Å². The predicted molar refractivity (Wildman–Crippen MR) is 143 cm³/mol. The maximum Gasteiger partial charge on any atom is 0.328 e. The van der Waals surface area contributed by atoms with E-state index in [2.05, 4.69) is 11.1 Å². The van der Waals surface area contributed by atoms with Crippen LogP contribution in [0.4, 0.5) is 0 Å². The maximum atomic E-state index is 13.7. The molecule has 194 valence electrons. The Morgan fingerprint density at radius 2 is 1.84 bits per heavy atom. The molecule has 9 nitrogen and oxygen atoms in total. The highest BCUT2D eigenvalue weighted by Gasteiger charge is 2.30. The molecular formula is C29H28N4O5. The number of rotatable bonds is 4. The lowest BCUT2D eigenvalue weighted by atomic mass is 9.90. The molecule has 1 atom stereocenters. The second-order valence-electron chi connectivity index (χ2n) is 10.0. The van der Waals surface area contributed by atoms with Crippen LogP contribution in [0.5, 0.6) is 5.75 Å². The molecule has 4 heterocycles. The lowest BCUT2D eigenvalue weighted by Gasteiger charge is -2.29. The van der Waals surface area contributed by atoms with E-state index in [-0.39, 0.29) is 23.8 Å². The first-order valence-electron chi connectivity index (χ1n) is 12.6. The van der Waals surface area contributed by atoms with Gasteiger partial charge in [-0.3, -0.25) is 18.7 Å². The van der Waals surface area contributed by atoms with Gasteiger partial charge in [0.2, 0.25) is 17.1 Å². The molecular weight excluding hydrogens is 484 g/mol. The van der Waals surface area contributed by atoms with E-state index in [4.69, 9.17) is 4.42 Å². The van der Waals surface area contributed by atoms with Crippen molar-refractivity contribution in [1.82, 2.24) is 19.0 Å². The van der Waals surface area contributed by atoms with Crippen LogP contribution in [0.2, 0.25) is 0 Å². The summed E-state index contributed by atoms with van der Waals surface area (Å²) >= 11 is 0. The van der Waals surface area contributed by atoms with Crippen LogP contribution in [-0.2, 0) is 31.9 Å². The number of aromatic amines is 1. The first-order valence-corrected chi connectivity index (χ1v) is 12.6. The molecule has 5 aromatic rings. The average molecular weight is 513 g/mol. The van der Waals surface area contributed by atoms with Crippen LogP contribution in [0.3, 0.4) is 0 Å². The number of aryl methyl sites for hydroxylation is 3. The van der Waals surface area contributed by atoms with E-state index < -0.39 is 17.1 Å². The van der Waals surface area contributed by atoms with Gasteiger partial charge in [-0.25, -0.2) is 4.79 Å². The molecule has 0 radical (unpaired) electrons. The summed E-state index contributed by atoms with van der Waals surface area (Å²) in [7, 11) is 3.38. The minimum absolute atomic E-state index is 0.0121. The van der Waals surface area contributed by atoms with E-state index >= 15 is 0 Å². The minimum Gasteiger partial charge on any atom is -0.502 e. The van der Waals surface area contributed by atoms with Gasteiger partial charge in [0.1, 0.15) is 5.76 Å². The number of H-pyrrole nitrogens is 1. The van der Waals surface area contributed by atoms with Crippen LogP contribution in [0.25, 0.3) is 21.9 Å². The van der Waals surface area contributed by atoms with E-state index in [1.54, 1.807) is 30.5 Å². The zero-order chi connectivity index (χ0) is 26.7. The van der Waals surface area contributed by atoms with E-state index in [1.807, 2.05) is 36.4 Å². The summed E-state index contributed by atoms with van der Waals surface area (Å²) in [5, 5.41) is 11.9. The Kier molecular flexibility index (Phi) is 5.52.